The van der Waals surface area contributed by atoms with Crippen molar-refractivity contribution >= 4 is 16.9 Å². The minimum absolute atomic E-state index is 0.0504. The number of hydrogen-bond acceptors (Lipinski definition) is 12. The average molecular weight is 532 g/mol. The lowest BCUT2D eigenvalue weighted by Crippen LogP contribution is -2.61. The molecule has 0 radical (unpaired) electrons. The fraction of sp³-hybridized carbons (Fsp3) is 0.385. The van der Waals surface area contributed by atoms with Crippen LogP contribution < -0.4 is 14.9 Å². The van der Waals surface area contributed by atoms with Crippen LogP contribution in [0.3, 0.4) is 0 Å². The second-order valence-electron chi connectivity index (χ2n) is 8.69. The zero-order valence-electron chi connectivity index (χ0n) is 20.6. The maximum absolute atomic E-state index is 12.9. The van der Waals surface area contributed by atoms with Crippen molar-refractivity contribution in [2.24, 2.45) is 0 Å². The van der Waals surface area contributed by atoms with E-state index in [1.807, 2.05) is 6.92 Å². The molecule has 0 bridgehead atoms. The zero-order valence-corrected chi connectivity index (χ0v) is 20.6. The van der Waals surface area contributed by atoms with Crippen LogP contribution in [0.25, 0.3) is 22.3 Å². The van der Waals surface area contributed by atoms with Gasteiger partial charge in [0.05, 0.1) is 13.7 Å². The summed E-state index contributed by atoms with van der Waals surface area (Å²) in [6.07, 6.45) is -7.83. The topological polar surface area (TPSA) is 185 Å². The Morgan fingerprint density at radius 2 is 1.71 bits per heavy atom. The standard InChI is InChI=1S/C26H28O12/c1-3-4-9-35-25(33)24-20(31)19(30)21(32)26(38-24)37-22-16(29)10-14(27)18-15(28)11-17(36-23(18)22)12-5-7-13(34-2)8-6-12/h5-8,10-11,19-21,24,26-27,29-32H,3-4,9H2,1-2H3/t19-,20-,21+,24?,26+/m0/s1. The van der Waals surface area contributed by atoms with Gasteiger partial charge in [-0.05, 0) is 30.7 Å². The number of fused-ring (bicyclic) bond motifs is 1. The van der Waals surface area contributed by atoms with E-state index in [2.05, 4.69) is 0 Å². The van der Waals surface area contributed by atoms with Crippen molar-refractivity contribution in [1.82, 2.24) is 0 Å². The van der Waals surface area contributed by atoms with Crippen LogP contribution in [0.1, 0.15) is 19.8 Å². The molecule has 1 saturated heterocycles. The SMILES string of the molecule is CCCCOC(=O)C1O[C@@H](Oc2c(O)cc(O)c3c(=O)cc(-c4ccc(OC)cc4)oc23)[C@H](O)[C@@H](O)[C@@H]1O. The Balaban J connectivity index is 1.73. The van der Waals surface area contributed by atoms with E-state index in [0.717, 1.165) is 18.6 Å². The van der Waals surface area contributed by atoms with E-state index in [1.165, 1.54) is 7.11 Å². The number of ether oxygens (including phenoxy) is 4. The van der Waals surface area contributed by atoms with Crippen LogP contribution in [0, 0.1) is 0 Å². The molecule has 2 aromatic carbocycles. The molecule has 5 atom stereocenters. The molecule has 1 aromatic heterocycles. The summed E-state index contributed by atoms with van der Waals surface area (Å²) in [5, 5.41) is 51.7. The molecular formula is C26H28O12. The number of hydrogen-bond donors (Lipinski definition) is 5. The number of carbonyl (C=O) groups is 1. The number of carbonyl (C=O) groups excluding carboxylic acids is 1. The monoisotopic (exact) mass is 532 g/mol. The first-order valence-corrected chi connectivity index (χ1v) is 11.9. The normalized spacial score (nSPS) is 23.2. The summed E-state index contributed by atoms with van der Waals surface area (Å²) in [6.45, 7) is 1.94. The molecule has 204 valence electrons. The van der Waals surface area contributed by atoms with Crippen molar-refractivity contribution in [2.45, 2.75) is 50.5 Å². The lowest BCUT2D eigenvalue weighted by atomic mass is 9.99. The zero-order chi connectivity index (χ0) is 27.6. The highest BCUT2D eigenvalue weighted by atomic mass is 16.7. The third kappa shape index (κ3) is 5.24. The van der Waals surface area contributed by atoms with Crippen molar-refractivity contribution < 1.29 is 53.7 Å². The molecule has 1 unspecified atom stereocenters. The number of aliphatic hydroxyl groups is 3. The van der Waals surface area contributed by atoms with E-state index in [9.17, 15) is 35.1 Å². The summed E-state index contributed by atoms with van der Waals surface area (Å²) < 4.78 is 27.0. The quantitative estimate of drug-likeness (QED) is 0.208. The number of unbranched alkanes of at least 4 members (excludes halogenated alkanes) is 1. The lowest BCUT2D eigenvalue weighted by molar-refractivity contribution is -0.272. The van der Waals surface area contributed by atoms with Crippen LogP contribution in [-0.4, -0.2) is 75.9 Å². The molecule has 0 amide bonds. The van der Waals surface area contributed by atoms with Crippen molar-refractivity contribution in [3.8, 4) is 34.3 Å². The van der Waals surface area contributed by atoms with Gasteiger partial charge in [0.2, 0.25) is 12.0 Å². The number of phenolic OH excluding ortho intramolecular Hbond substituents is 2. The number of benzene rings is 2. The smallest absolute Gasteiger partial charge is 0.338 e. The second-order valence-corrected chi connectivity index (χ2v) is 8.69. The van der Waals surface area contributed by atoms with Gasteiger partial charge >= 0.3 is 5.97 Å². The third-order valence-corrected chi connectivity index (χ3v) is 6.07. The first kappa shape index (κ1) is 27.2. The molecule has 1 fully saturated rings. The van der Waals surface area contributed by atoms with Crippen molar-refractivity contribution in [3.63, 3.8) is 0 Å². The molecule has 1 aliphatic heterocycles. The largest absolute Gasteiger partial charge is 0.507 e. The summed E-state index contributed by atoms with van der Waals surface area (Å²) in [6, 6.07) is 8.47. The van der Waals surface area contributed by atoms with Gasteiger partial charge in [0.1, 0.15) is 41.0 Å². The van der Waals surface area contributed by atoms with E-state index in [0.29, 0.717) is 17.7 Å². The van der Waals surface area contributed by atoms with Gasteiger partial charge in [-0.3, -0.25) is 4.79 Å². The van der Waals surface area contributed by atoms with E-state index >= 15 is 0 Å². The Bertz CT molecular complexity index is 1350. The highest BCUT2D eigenvalue weighted by molar-refractivity contribution is 5.91. The van der Waals surface area contributed by atoms with Crippen molar-refractivity contribution in [2.75, 3.05) is 13.7 Å². The third-order valence-electron chi connectivity index (χ3n) is 6.07. The molecule has 1 aliphatic rings. The van der Waals surface area contributed by atoms with E-state index in [4.69, 9.17) is 23.4 Å². The van der Waals surface area contributed by atoms with Crippen LogP contribution in [0.5, 0.6) is 23.0 Å². The number of aliphatic hydroxyl groups excluding tert-OH is 3. The first-order valence-electron chi connectivity index (χ1n) is 11.9. The molecule has 12 heteroatoms. The van der Waals surface area contributed by atoms with Gasteiger partial charge in [0.15, 0.2) is 22.9 Å². The van der Waals surface area contributed by atoms with Crippen LogP contribution >= 0.6 is 0 Å². The van der Waals surface area contributed by atoms with Gasteiger partial charge in [-0.2, -0.15) is 0 Å². The summed E-state index contributed by atoms with van der Waals surface area (Å²) >= 11 is 0. The Morgan fingerprint density at radius 1 is 1.00 bits per heavy atom. The van der Waals surface area contributed by atoms with Crippen LogP contribution in [0.2, 0.25) is 0 Å². The fourth-order valence-electron chi connectivity index (χ4n) is 3.95. The summed E-state index contributed by atoms with van der Waals surface area (Å²) in [5.41, 5.74) is -0.599. The Labute approximate surface area is 216 Å². The molecule has 5 N–H and O–H groups in total. The fourth-order valence-corrected chi connectivity index (χ4v) is 3.95. The van der Waals surface area contributed by atoms with Gasteiger partial charge < -0.3 is 48.9 Å². The molecule has 38 heavy (non-hydrogen) atoms. The molecule has 4 rings (SSSR count). The predicted octanol–water partition coefficient (Wildman–Crippen LogP) is 1.41. The van der Waals surface area contributed by atoms with Gasteiger partial charge in [0, 0.05) is 17.7 Å². The number of methoxy groups -OCH3 is 1. The number of aromatic hydroxyl groups is 2. The number of phenols is 2. The average Bonchev–Trinajstić information content (AvgIpc) is 2.90. The van der Waals surface area contributed by atoms with Gasteiger partial charge in [-0.1, -0.05) is 13.3 Å². The molecule has 2 heterocycles. The van der Waals surface area contributed by atoms with Crippen molar-refractivity contribution in [3.05, 3.63) is 46.6 Å². The molecule has 3 aromatic rings. The van der Waals surface area contributed by atoms with Gasteiger partial charge in [-0.25, -0.2) is 4.79 Å². The van der Waals surface area contributed by atoms with Crippen LogP contribution in [-0.2, 0) is 14.3 Å². The second kappa shape index (κ2) is 11.3. The molecule has 12 nitrogen and oxygen atoms in total. The van der Waals surface area contributed by atoms with E-state index < -0.39 is 59.4 Å². The summed E-state index contributed by atoms with van der Waals surface area (Å²) in [7, 11) is 1.49. The Morgan fingerprint density at radius 3 is 2.37 bits per heavy atom. The maximum atomic E-state index is 12.9. The van der Waals surface area contributed by atoms with Crippen LogP contribution in [0.15, 0.2) is 45.6 Å². The molecule has 0 saturated carbocycles. The van der Waals surface area contributed by atoms with Crippen molar-refractivity contribution in [1.29, 1.82) is 0 Å². The predicted molar refractivity (Wildman–Crippen MR) is 131 cm³/mol. The van der Waals surface area contributed by atoms with Gasteiger partial charge in [-0.15, -0.1) is 0 Å². The highest BCUT2D eigenvalue weighted by Gasteiger charge is 2.49. The van der Waals surface area contributed by atoms with Gasteiger partial charge in [0.25, 0.3) is 0 Å². The Kier molecular flexibility index (Phi) is 8.07. The molecule has 0 spiro atoms. The van der Waals surface area contributed by atoms with E-state index in [1.54, 1.807) is 24.3 Å². The number of esters is 1. The summed E-state index contributed by atoms with van der Waals surface area (Å²) in [5.74, 6) is -2.18. The minimum atomic E-state index is -1.88. The molecular weight excluding hydrogens is 504 g/mol. The lowest BCUT2D eigenvalue weighted by Gasteiger charge is -2.39. The van der Waals surface area contributed by atoms with Crippen LogP contribution in [0.4, 0.5) is 0 Å². The number of rotatable bonds is 8. The highest BCUT2D eigenvalue weighted by Crippen LogP contribution is 2.42. The van der Waals surface area contributed by atoms with E-state index in [-0.39, 0.29) is 23.3 Å². The maximum Gasteiger partial charge on any atom is 0.338 e. The minimum Gasteiger partial charge on any atom is -0.507 e. The molecule has 0 aliphatic carbocycles. The first-order chi connectivity index (χ1) is 18.2. The Hall–Kier alpha value is -3.84. The summed E-state index contributed by atoms with van der Waals surface area (Å²) in [4.78, 5) is 25.3.